The number of alkyl carbamates (subject to hydrolysis) is 1. The van der Waals surface area contributed by atoms with Crippen LogP contribution in [0.5, 0.6) is 0 Å². The van der Waals surface area contributed by atoms with Gasteiger partial charge in [-0.25, -0.2) is 4.79 Å². The summed E-state index contributed by atoms with van der Waals surface area (Å²) in [5.41, 5.74) is -0.966. The lowest BCUT2D eigenvalue weighted by atomic mass is 9.85. The summed E-state index contributed by atoms with van der Waals surface area (Å²) in [6, 6.07) is 0. The van der Waals surface area contributed by atoms with Gasteiger partial charge in [-0.05, 0) is 70.6 Å². The van der Waals surface area contributed by atoms with Crippen molar-refractivity contribution in [2.45, 2.75) is 157 Å². The number of esters is 2. The molecular weight excluding hydrogens is 494 g/mol. The van der Waals surface area contributed by atoms with Gasteiger partial charge in [-0.3, -0.25) is 9.59 Å². The van der Waals surface area contributed by atoms with Crippen LogP contribution in [0, 0.1) is 17.3 Å². The minimum Gasteiger partial charge on any atom is -0.464 e. The minimum atomic E-state index is -0.628. The Balaban J connectivity index is 4.23. The van der Waals surface area contributed by atoms with Crippen molar-refractivity contribution in [2.75, 3.05) is 13.2 Å². The van der Waals surface area contributed by atoms with Crippen molar-refractivity contribution in [3.8, 4) is 0 Å². The lowest BCUT2D eigenvalue weighted by Gasteiger charge is -2.32. The van der Waals surface area contributed by atoms with Gasteiger partial charge in [0.05, 0.1) is 12.5 Å². The summed E-state index contributed by atoms with van der Waals surface area (Å²) in [7, 11) is 0. The number of rotatable bonds is 20. The summed E-state index contributed by atoms with van der Waals surface area (Å²) in [4.78, 5) is 36.8. The van der Waals surface area contributed by atoms with Crippen molar-refractivity contribution >= 4 is 18.0 Å². The second-order valence-corrected chi connectivity index (χ2v) is 13.4. The lowest BCUT2D eigenvalue weighted by Crippen LogP contribution is -2.36. The molecular formula is C32H61NO6. The molecule has 0 aliphatic heterocycles. The topological polar surface area (TPSA) is 90.9 Å². The van der Waals surface area contributed by atoms with Crippen LogP contribution in [-0.2, 0) is 23.8 Å². The second kappa shape index (κ2) is 18.5. The largest absolute Gasteiger partial charge is 0.464 e. The molecule has 0 aromatic rings. The number of hydrogen-bond donors (Lipinski definition) is 1. The van der Waals surface area contributed by atoms with Crippen molar-refractivity contribution in [3.63, 3.8) is 0 Å². The van der Waals surface area contributed by atoms with Crippen LogP contribution in [0.1, 0.15) is 146 Å². The van der Waals surface area contributed by atoms with Gasteiger partial charge < -0.3 is 19.5 Å². The number of carbonyl (C=O) groups excluding carboxylic acids is 3. The first-order chi connectivity index (χ1) is 18.1. The van der Waals surface area contributed by atoms with Crippen molar-refractivity contribution in [1.82, 2.24) is 5.32 Å². The molecule has 0 aliphatic carbocycles. The van der Waals surface area contributed by atoms with Gasteiger partial charge in [-0.2, -0.15) is 0 Å². The van der Waals surface area contributed by atoms with Crippen LogP contribution in [0.15, 0.2) is 0 Å². The van der Waals surface area contributed by atoms with E-state index in [4.69, 9.17) is 14.2 Å². The maximum atomic E-state index is 12.5. The van der Waals surface area contributed by atoms with Crippen LogP contribution < -0.4 is 5.32 Å². The molecule has 0 radical (unpaired) electrons. The number of unbranched alkanes of at least 4 members (excludes halogenated alkanes) is 3. The third-order valence-electron chi connectivity index (χ3n) is 7.34. The van der Waals surface area contributed by atoms with Crippen LogP contribution in [0.2, 0.25) is 0 Å². The zero-order valence-corrected chi connectivity index (χ0v) is 27.0. The van der Waals surface area contributed by atoms with E-state index in [2.05, 4.69) is 53.8 Å². The van der Waals surface area contributed by atoms with Gasteiger partial charge in [0.2, 0.25) is 0 Å². The van der Waals surface area contributed by atoms with Crippen molar-refractivity contribution in [1.29, 1.82) is 0 Å². The molecule has 3 unspecified atom stereocenters. The summed E-state index contributed by atoms with van der Waals surface area (Å²) in [6.07, 6.45) is 10.3. The summed E-state index contributed by atoms with van der Waals surface area (Å²) in [6.45, 7) is 20.8. The molecule has 39 heavy (non-hydrogen) atoms. The fourth-order valence-electron chi connectivity index (χ4n) is 4.92. The Labute approximate surface area is 239 Å². The quantitative estimate of drug-likeness (QED) is 0.0921. The molecule has 7 nitrogen and oxygen atoms in total. The minimum absolute atomic E-state index is 0.0534. The standard InChI is InChI=1S/C32H61NO6/c1-11-14-18-26(12-2)24-32(10,13-3)38-27(34)19-16-15-17-20-31(8,9)39-29(36)33-21-22-37-28(35)25(4)23-30(5,6)7/h25-26H,11-24H2,1-10H3,(H,33,36). The summed E-state index contributed by atoms with van der Waals surface area (Å²) in [5.74, 6) is 0.0472. The molecule has 1 amide bonds. The normalized spacial score (nSPS) is 15.1. The van der Waals surface area contributed by atoms with E-state index in [0.29, 0.717) is 18.8 Å². The van der Waals surface area contributed by atoms with Gasteiger partial charge in [0.15, 0.2) is 0 Å². The molecule has 7 heteroatoms. The van der Waals surface area contributed by atoms with E-state index in [9.17, 15) is 14.4 Å². The van der Waals surface area contributed by atoms with Crippen molar-refractivity contribution in [3.05, 3.63) is 0 Å². The van der Waals surface area contributed by atoms with Crippen LogP contribution in [0.25, 0.3) is 0 Å². The average molecular weight is 556 g/mol. The molecule has 1 N–H and O–H groups in total. The molecule has 0 spiro atoms. The predicted octanol–water partition coefficient (Wildman–Crippen LogP) is 8.38. The number of nitrogens with one attached hydrogen (secondary N) is 1. The van der Waals surface area contributed by atoms with Gasteiger partial charge in [0.25, 0.3) is 0 Å². The first-order valence-electron chi connectivity index (χ1n) is 15.4. The summed E-state index contributed by atoms with van der Waals surface area (Å²) >= 11 is 0. The van der Waals surface area contributed by atoms with Gasteiger partial charge in [-0.15, -0.1) is 0 Å². The Hall–Kier alpha value is -1.79. The zero-order valence-electron chi connectivity index (χ0n) is 27.0. The second-order valence-electron chi connectivity index (χ2n) is 13.4. The number of carbonyl (C=O) groups is 3. The van der Waals surface area contributed by atoms with E-state index in [0.717, 1.165) is 44.9 Å². The van der Waals surface area contributed by atoms with Crippen molar-refractivity contribution < 1.29 is 28.6 Å². The Bertz CT molecular complexity index is 714. The van der Waals surface area contributed by atoms with E-state index < -0.39 is 17.3 Å². The SMILES string of the molecule is CCCCC(CC)CC(C)(CC)OC(=O)CCCCCC(C)(C)OC(=O)NCCOC(=O)C(C)CC(C)(C)C. The van der Waals surface area contributed by atoms with Crippen LogP contribution in [0.3, 0.4) is 0 Å². The molecule has 0 fully saturated rings. The molecule has 0 aromatic heterocycles. The summed E-state index contributed by atoms with van der Waals surface area (Å²) < 4.78 is 16.8. The monoisotopic (exact) mass is 555 g/mol. The van der Waals surface area contributed by atoms with Crippen LogP contribution in [-0.4, -0.2) is 42.4 Å². The molecule has 0 saturated heterocycles. The van der Waals surface area contributed by atoms with Crippen molar-refractivity contribution in [2.24, 2.45) is 17.3 Å². The number of amides is 1. The van der Waals surface area contributed by atoms with Gasteiger partial charge in [0.1, 0.15) is 17.8 Å². The highest BCUT2D eigenvalue weighted by Crippen LogP contribution is 2.30. The van der Waals surface area contributed by atoms with Crippen LogP contribution >= 0.6 is 0 Å². The van der Waals surface area contributed by atoms with Gasteiger partial charge >= 0.3 is 18.0 Å². The first kappa shape index (κ1) is 37.2. The number of hydrogen-bond acceptors (Lipinski definition) is 6. The highest BCUT2D eigenvalue weighted by atomic mass is 16.6. The fraction of sp³-hybridized carbons (Fsp3) is 0.906. The Morgan fingerprint density at radius 1 is 0.846 bits per heavy atom. The Morgan fingerprint density at radius 2 is 1.51 bits per heavy atom. The summed E-state index contributed by atoms with van der Waals surface area (Å²) in [5, 5.41) is 2.65. The molecule has 0 bridgehead atoms. The maximum Gasteiger partial charge on any atom is 0.407 e. The average Bonchev–Trinajstić information content (AvgIpc) is 2.82. The molecule has 0 saturated carbocycles. The smallest absolute Gasteiger partial charge is 0.407 e. The van der Waals surface area contributed by atoms with E-state index in [1.54, 1.807) is 0 Å². The highest BCUT2D eigenvalue weighted by Gasteiger charge is 2.30. The lowest BCUT2D eigenvalue weighted by molar-refractivity contribution is -0.160. The highest BCUT2D eigenvalue weighted by molar-refractivity contribution is 5.72. The van der Waals surface area contributed by atoms with Crippen LogP contribution in [0.4, 0.5) is 4.79 Å². The third kappa shape index (κ3) is 19.0. The van der Waals surface area contributed by atoms with E-state index in [1.165, 1.54) is 19.3 Å². The van der Waals surface area contributed by atoms with E-state index in [1.807, 2.05) is 20.8 Å². The molecule has 3 atom stereocenters. The van der Waals surface area contributed by atoms with Gasteiger partial charge in [0, 0.05) is 6.42 Å². The maximum absolute atomic E-state index is 12.5. The fourth-order valence-corrected chi connectivity index (χ4v) is 4.92. The first-order valence-corrected chi connectivity index (χ1v) is 15.4. The Kier molecular flexibility index (Phi) is 17.7. The predicted molar refractivity (Wildman–Crippen MR) is 159 cm³/mol. The molecule has 0 aromatic carbocycles. The molecule has 0 rings (SSSR count). The zero-order chi connectivity index (χ0) is 30.1. The molecule has 0 aliphatic rings. The molecule has 230 valence electrons. The van der Waals surface area contributed by atoms with E-state index >= 15 is 0 Å². The van der Waals surface area contributed by atoms with E-state index in [-0.39, 0.29) is 36.4 Å². The Morgan fingerprint density at radius 3 is 2.08 bits per heavy atom. The third-order valence-corrected chi connectivity index (χ3v) is 7.34. The molecule has 0 heterocycles. The van der Waals surface area contributed by atoms with Gasteiger partial charge in [-0.1, -0.05) is 80.6 Å². The number of ether oxygens (including phenoxy) is 3.